The van der Waals surface area contributed by atoms with Gasteiger partial charge in [0.05, 0.1) is 0 Å². The van der Waals surface area contributed by atoms with Crippen molar-refractivity contribution in [1.82, 2.24) is 4.90 Å². The van der Waals surface area contributed by atoms with Crippen molar-refractivity contribution in [3.63, 3.8) is 0 Å². The van der Waals surface area contributed by atoms with Crippen molar-refractivity contribution in [2.45, 2.75) is 13.5 Å². The van der Waals surface area contributed by atoms with Crippen molar-refractivity contribution in [3.05, 3.63) is 65.0 Å². The van der Waals surface area contributed by atoms with E-state index in [9.17, 15) is 14.3 Å². The van der Waals surface area contributed by atoms with Crippen LogP contribution in [0.1, 0.15) is 21.5 Å². The number of aryl methyl sites for hydroxylation is 1. The third kappa shape index (κ3) is 3.15. The molecule has 0 fully saturated rings. The van der Waals surface area contributed by atoms with Gasteiger partial charge in [0.2, 0.25) is 0 Å². The highest BCUT2D eigenvalue weighted by atomic mass is 19.1. The van der Waals surface area contributed by atoms with E-state index in [0.717, 1.165) is 11.1 Å². The molecule has 0 atom stereocenters. The largest absolute Gasteiger partial charge is 0.508 e. The Morgan fingerprint density at radius 2 is 1.85 bits per heavy atom. The Labute approximate surface area is 117 Å². The standard InChI is InChI=1S/C16H16FNO2/c1-11-3-6-13(9-15(11)19)16(20)18(2)10-12-4-7-14(17)8-5-12/h3-9,19H,10H2,1-2H3. The molecule has 0 radical (unpaired) electrons. The molecule has 0 bridgehead atoms. The van der Waals surface area contributed by atoms with E-state index in [2.05, 4.69) is 0 Å². The van der Waals surface area contributed by atoms with E-state index in [1.165, 1.54) is 23.1 Å². The van der Waals surface area contributed by atoms with Crippen molar-refractivity contribution >= 4 is 5.91 Å². The Bertz CT molecular complexity index is 623. The van der Waals surface area contributed by atoms with Gasteiger partial charge in [-0.3, -0.25) is 4.79 Å². The van der Waals surface area contributed by atoms with Crippen LogP contribution >= 0.6 is 0 Å². The van der Waals surface area contributed by atoms with Gasteiger partial charge >= 0.3 is 0 Å². The molecule has 0 unspecified atom stereocenters. The van der Waals surface area contributed by atoms with E-state index in [4.69, 9.17) is 0 Å². The molecular formula is C16H16FNO2. The molecule has 20 heavy (non-hydrogen) atoms. The van der Waals surface area contributed by atoms with Crippen LogP contribution in [0.4, 0.5) is 4.39 Å². The van der Waals surface area contributed by atoms with Crippen LogP contribution in [0.3, 0.4) is 0 Å². The number of phenolic OH excluding ortho intramolecular Hbond substituents is 1. The van der Waals surface area contributed by atoms with Crippen molar-refractivity contribution in [2.75, 3.05) is 7.05 Å². The summed E-state index contributed by atoms with van der Waals surface area (Å²) in [6, 6.07) is 10.9. The quantitative estimate of drug-likeness (QED) is 0.933. The SMILES string of the molecule is Cc1ccc(C(=O)N(C)Cc2ccc(F)cc2)cc1O. The molecule has 2 aromatic carbocycles. The van der Waals surface area contributed by atoms with Crippen molar-refractivity contribution in [1.29, 1.82) is 0 Å². The summed E-state index contributed by atoms with van der Waals surface area (Å²) < 4.78 is 12.8. The van der Waals surface area contributed by atoms with E-state index < -0.39 is 0 Å². The summed E-state index contributed by atoms with van der Waals surface area (Å²) in [4.78, 5) is 13.7. The molecule has 0 spiro atoms. The van der Waals surface area contributed by atoms with Gasteiger partial charge in [0.15, 0.2) is 0 Å². The lowest BCUT2D eigenvalue weighted by Crippen LogP contribution is -2.26. The van der Waals surface area contributed by atoms with Crippen LogP contribution in [-0.2, 0) is 6.54 Å². The Morgan fingerprint density at radius 3 is 2.45 bits per heavy atom. The smallest absolute Gasteiger partial charge is 0.254 e. The summed E-state index contributed by atoms with van der Waals surface area (Å²) in [5.41, 5.74) is 2.00. The predicted molar refractivity (Wildman–Crippen MR) is 75.0 cm³/mol. The monoisotopic (exact) mass is 273 g/mol. The molecule has 0 aliphatic rings. The molecule has 104 valence electrons. The second-order valence-corrected chi connectivity index (χ2v) is 4.79. The lowest BCUT2D eigenvalue weighted by molar-refractivity contribution is 0.0784. The van der Waals surface area contributed by atoms with Gasteiger partial charge in [-0.2, -0.15) is 0 Å². The van der Waals surface area contributed by atoms with Gasteiger partial charge in [0, 0.05) is 19.2 Å². The molecule has 0 heterocycles. The Hall–Kier alpha value is -2.36. The molecule has 0 aliphatic carbocycles. The normalized spacial score (nSPS) is 10.3. The maximum absolute atomic E-state index is 12.8. The van der Waals surface area contributed by atoms with Crippen LogP contribution in [0.25, 0.3) is 0 Å². The molecule has 0 aliphatic heterocycles. The summed E-state index contributed by atoms with van der Waals surface area (Å²) in [7, 11) is 1.67. The highest BCUT2D eigenvalue weighted by Gasteiger charge is 2.13. The highest BCUT2D eigenvalue weighted by molar-refractivity contribution is 5.94. The second kappa shape index (κ2) is 5.74. The topological polar surface area (TPSA) is 40.5 Å². The third-order valence-corrected chi connectivity index (χ3v) is 3.14. The number of carbonyl (C=O) groups is 1. The lowest BCUT2D eigenvalue weighted by atomic mass is 10.1. The van der Waals surface area contributed by atoms with Crippen LogP contribution in [0.2, 0.25) is 0 Å². The predicted octanol–water partition coefficient (Wildman–Crippen LogP) is 3.11. The molecular weight excluding hydrogens is 257 g/mol. The van der Waals surface area contributed by atoms with Gasteiger partial charge in [-0.15, -0.1) is 0 Å². The number of hydrogen-bond acceptors (Lipinski definition) is 2. The van der Waals surface area contributed by atoms with E-state index in [0.29, 0.717) is 12.1 Å². The van der Waals surface area contributed by atoms with E-state index in [1.807, 2.05) is 0 Å². The van der Waals surface area contributed by atoms with E-state index in [-0.39, 0.29) is 17.5 Å². The first-order valence-corrected chi connectivity index (χ1v) is 6.27. The number of benzene rings is 2. The summed E-state index contributed by atoms with van der Waals surface area (Å²) in [6.45, 7) is 2.15. The molecule has 4 heteroatoms. The van der Waals surface area contributed by atoms with Crippen LogP contribution < -0.4 is 0 Å². The fourth-order valence-corrected chi connectivity index (χ4v) is 1.90. The van der Waals surface area contributed by atoms with Gasteiger partial charge in [-0.05, 0) is 42.3 Å². The fourth-order valence-electron chi connectivity index (χ4n) is 1.90. The molecule has 2 aromatic rings. The zero-order valence-electron chi connectivity index (χ0n) is 11.4. The van der Waals surface area contributed by atoms with Gasteiger partial charge in [-0.25, -0.2) is 4.39 Å². The van der Waals surface area contributed by atoms with E-state index >= 15 is 0 Å². The zero-order valence-corrected chi connectivity index (χ0v) is 11.4. The number of hydrogen-bond donors (Lipinski definition) is 1. The number of amides is 1. The van der Waals surface area contributed by atoms with Crippen molar-refractivity contribution < 1.29 is 14.3 Å². The zero-order chi connectivity index (χ0) is 14.7. The van der Waals surface area contributed by atoms with Crippen molar-refractivity contribution in [3.8, 4) is 5.75 Å². The summed E-state index contributed by atoms with van der Waals surface area (Å²) >= 11 is 0. The summed E-state index contributed by atoms with van der Waals surface area (Å²) in [6.07, 6.45) is 0. The number of nitrogens with zero attached hydrogens (tertiary/aromatic N) is 1. The van der Waals surface area contributed by atoms with Crippen LogP contribution in [0, 0.1) is 12.7 Å². The molecule has 1 N–H and O–H groups in total. The van der Waals surface area contributed by atoms with Gasteiger partial charge < -0.3 is 10.0 Å². The number of rotatable bonds is 3. The van der Waals surface area contributed by atoms with Gasteiger partial charge in [0.25, 0.3) is 5.91 Å². The number of carbonyl (C=O) groups excluding carboxylic acids is 1. The lowest BCUT2D eigenvalue weighted by Gasteiger charge is -2.17. The molecule has 2 rings (SSSR count). The molecule has 1 amide bonds. The summed E-state index contributed by atoms with van der Waals surface area (Å²) in [5.74, 6) is -0.387. The summed E-state index contributed by atoms with van der Waals surface area (Å²) in [5, 5.41) is 9.64. The van der Waals surface area contributed by atoms with Crippen LogP contribution in [0.5, 0.6) is 5.75 Å². The number of aromatic hydroxyl groups is 1. The number of phenols is 1. The third-order valence-electron chi connectivity index (χ3n) is 3.14. The fraction of sp³-hybridized carbons (Fsp3) is 0.188. The maximum atomic E-state index is 12.8. The number of halogens is 1. The molecule has 3 nitrogen and oxygen atoms in total. The second-order valence-electron chi connectivity index (χ2n) is 4.79. The minimum absolute atomic E-state index is 0.103. The average Bonchev–Trinajstić information content (AvgIpc) is 2.43. The van der Waals surface area contributed by atoms with Gasteiger partial charge in [-0.1, -0.05) is 18.2 Å². The molecule has 0 aromatic heterocycles. The van der Waals surface area contributed by atoms with Crippen LogP contribution in [0.15, 0.2) is 42.5 Å². The Balaban J connectivity index is 2.11. The van der Waals surface area contributed by atoms with E-state index in [1.54, 1.807) is 38.2 Å². The minimum atomic E-state index is -0.300. The average molecular weight is 273 g/mol. The molecule has 0 saturated carbocycles. The van der Waals surface area contributed by atoms with Gasteiger partial charge in [0.1, 0.15) is 11.6 Å². The Morgan fingerprint density at radius 1 is 1.20 bits per heavy atom. The van der Waals surface area contributed by atoms with Crippen LogP contribution in [-0.4, -0.2) is 23.0 Å². The first-order valence-electron chi connectivity index (χ1n) is 6.27. The van der Waals surface area contributed by atoms with Crippen molar-refractivity contribution in [2.24, 2.45) is 0 Å². The molecule has 0 saturated heterocycles. The Kier molecular flexibility index (Phi) is 4.03. The first kappa shape index (κ1) is 14.1. The highest BCUT2D eigenvalue weighted by Crippen LogP contribution is 2.19. The first-order chi connectivity index (χ1) is 9.47. The minimum Gasteiger partial charge on any atom is -0.508 e. The maximum Gasteiger partial charge on any atom is 0.254 e.